The van der Waals surface area contributed by atoms with E-state index >= 15 is 0 Å². The summed E-state index contributed by atoms with van der Waals surface area (Å²) in [6, 6.07) is 12.4. The van der Waals surface area contributed by atoms with Crippen molar-refractivity contribution >= 4 is 57.3 Å². The zero-order valence-corrected chi connectivity index (χ0v) is 20.6. The van der Waals surface area contributed by atoms with E-state index in [1.54, 1.807) is 0 Å². The number of halogens is 2. The van der Waals surface area contributed by atoms with Gasteiger partial charge in [-0.25, -0.2) is 5.43 Å². The van der Waals surface area contributed by atoms with E-state index < -0.39 is 0 Å². The summed E-state index contributed by atoms with van der Waals surface area (Å²) in [6.07, 6.45) is 1.48. The Bertz CT molecular complexity index is 879. The highest BCUT2D eigenvalue weighted by molar-refractivity contribution is 14.1. The van der Waals surface area contributed by atoms with Crippen molar-refractivity contribution in [3.8, 4) is 5.75 Å². The summed E-state index contributed by atoms with van der Waals surface area (Å²) in [7, 11) is 0. The molecule has 1 heterocycles. The van der Waals surface area contributed by atoms with Crippen molar-refractivity contribution in [3.05, 3.63) is 60.2 Å². The second kappa shape index (κ2) is 10.7. The van der Waals surface area contributed by atoms with Gasteiger partial charge in [0.25, 0.3) is 5.91 Å². The Kier molecular flexibility index (Phi) is 8.27. The van der Waals surface area contributed by atoms with Crippen molar-refractivity contribution in [3.63, 3.8) is 0 Å². The second-order valence-electron chi connectivity index (χ2n) is 7.16. The molecule has 1 fully saturated rings. The van der Waals surface area contributed by atoms with Crippen molar-refractivity contribution in [1.29, 1.82) is 0 Å². The van der Waals surface area contributed by atoms with Crippen LogP contribution in [-0.4, -0.2) is 59.8 Å². The molecule has 0 aliphatic carbocycles. The van der Waals surface area contributed by atoms with Gasteiger partial charge in [-0.1, -0.05) is 29.8 Å². The number of aromatic hydroxyl groups is 1. The highest BCUT2D eigenvalue weighted by Crippen LogP contribution is 2.25. The van der Waals surface area contributed by atoms with Gasteiger partial charge in [0.1, 0.15) is 5.75 Å². The quantitative estimate of drug-likeness (QED) is 0.297. The summed E-state index contributed by atoms with van der Waals surface area (Å²) in [5.41, 5.74) is 5.75. The average molecular weight is 618 g/mol. The minimum atomic E-state index is -0.145. The van der Waals surface area contributed by atoms with Gasteiger partial charge in [0.05, 0.1) is 16.3 Å². The topological polar surface area (TPSA) is 68.2 Å². The lowest BCUT2D eigenvalue weighted by Crippen LogP contribution is -2.48. The van der Waals surface area contributed by atoms with Gasteiger partial charge in [-0.2, -0.15) is 5.10 Å². The zero-order chi connectivity index (χ0) is 20.8. The van der Waals surface area contributed by atoms with Crippen molar-refractivity contribution in [2.45, 2.75) is 13.5 Å². The first-order chi connectivity index (χ1) is 13.9. The molecular formula is C21H24I2N4O2. The van der Waals surface area contributed by atoms with Crippen LogP contribution >= 0.6 is 45.2 Å². The minimum Gasteiger partial charge on any atom is -0.506 e. The van der Waals surface area contributed by atoms with Crippen molar-refractivity contribution in [1.82, 2.24) is 15.2 Å². The Morgan fingerprint density at radius 1 is 1.14 bits per heavy atom. The number of rotatable bonds is 6. The summed E-state index contributed by atoms with van der Waals surface area (Å²) in [5.74, 6) is 0.0294. The molecule has 0 radical (unpaired) electrons. The minimum absolute atomic E-state index is 0.145. The van der Waals surface area contributed by atoms with E-state index in [2.05, 4.69) is 96.7 Å². The van der Waals surface area contributed by atoms with E-state index in [1.807, 2.05) is 12.1 Å². The third-order valence-electron chi connectivity index (χ3n) is 4.81. The van der Waals surface area contributed by atoms with Crippen LogP contribution in [0.1, 0.15) is 16.7 Å². The number of hydrogen-bond acceptors (Lipinski definition) is 5. The molecule has 3 rings (SSSR count). The maximum absolute atomic E-state index is 12.2. The van der Waals surface area contributed by atoms with Gasteiger partial charge in [0.2, 0.25) is 0 Å². The fourth-order valence-corrected chi connectivity index (χ4v) is 5.04. The molecule has 0 spiro atoms. The fraction of sp³-hybridized carbons (Fsp3) is 0.333. The number of nitrogens with one attached hydrogen (secondary N) is 1. The Hall–Kier alpha value is -1.24. The molecule has 0 aromatic heterocycles. The van der Waals surface area contributed by atoms with Gasteiger partial charge >= 0.3 is 0 Å². The molecule has 1 aliphatic heterocycles. The van der Waals surface area contributed by atoms with Crippen LogP contribution in [0, 0.1) is 14.1 Å². The lowest BCUT2D eigenvalue weighted by atomic mass is 10.1. The summed E-state index contributed by atoms with van der Waals surface area (Å²) >= 11 is 4.26. The number of phenolic OH excluding ortho intramolecular Hbond substituents is 1. The molecule has 0 saturated carbocycles. The first-order valence-electron chi connectivity index (χ1n) is 9.41. The number of piperazine rings is 1. The van der Waals surface area contributed by atoms with Crippen LogP contribution in [0.5, 0.6) is 5.75 Å². The Labute approximate surface area is 198 Å². The molecule has 1 saturated heterocycles. The van der Waals surface area contributed by atoms with Crippen molar-refractivity contribution in [2.24, 2.45) is 5.10 Å². The zero-order valence-electron chi connectivity index (χ0n) is 16.2. The highest BCUT2D eigenvalue weighted by Gasteiger charge is 2.18. The number of nitrogens with zero attached hydrogens (tertiary/aromatic N) is 3. The highest BCUT2D eigenvalue weighted by atomic mass is 127. The van der Waals surface area contributed by atoms with Gasteiger partial charge < -0.3 is 5.11 Å². The van der Waals surface area contributed by atoms with E-state index in [0.717, 1.165) is 39.9 Å². The predicted octanol–water partition coefficient (Wildman–Crippen LogP) is 3.18. The molecular weight excluding hydrogens is 594 g/mol. The monoisotopic (exact) mass is 618 g/mol. The average Bonchev–Trinajstić information content (AvgIpc) is 2.69. The summed E-state index contributed by atoms with van der Waals surface area (Å²) < 4.78 is 1.76. The molecule has 1 aliphatic rings. The Morgan fingerprint density at radius 2 is 1.79 bits per heavy atom. The van der Waals surface area contributed by atoms with Crippen LogP contribution in [0.2, 0.25) is 0 Å². The first kappa shape index (κ1) is 22.4. The number of aryl methyl sites for hydroxylation is 1. The third kappa shape index (κ3) is 6.90. The SMILES string of the molecule is Cc1ccc(CN2CCN(CC(=O)N/N=C/c3cc(I)cc(I)c3O)CC2)cc1. The lowest BCUT2D eigenvalue weighted by molar-refractivity contribution is -0.122. The molecule has 1 amide bonds. The predicted molar refractivity (Wildman–Crippen MR) is 132 cm³/mol. The van der Waals surface area contributed by atoms with Crippen molar-refractivity contribution in [2.75, 3.05) is 32.7 Å². The first-order valence-corrected chi connectivity index (χ1v) is 11.6. The van der Waals surface area contributed by atoms with Gasteiger partial charge in [-0.3, -0.25) is 14.6 Å². The smallest absolute Gasteiger partial charge is 0.254 e. The van der Waals surface area contributed by atoms with Crippen molar-refractivity contribution < 1.29 is 9.90 Å². The van der Waals surface area contributed by atoms with Gasteiger partial charge in [-0.15, -0.1) is 0 Å². The summed E-state index contributed by atoms with van der Waals surface area (Å²) in [6.45, 7) is 6.98. The third-order valence-corrected chi connectivity index (χ3v) is 6.25. The standard InChI is InChI=1S/C21H24I2N4O2/c1-15-2-4-16(5-3-15)13-26-6-8-27(9-7-26)14-20(28)25-24-12-17-10-18(22)11-19(23)21(17)29/h2-5,10-12,29H,6-9,13-14H2,1H3,(H,25,28)/b24-12+. The molecule has 0 bridgehead atoms. The van der Waals surface area contributed by atoms with Gasteiger partial charge in [-0.05, 0) is 69.8 Å². The number of carbonyl (C=O) groups is 1. The van der Waals surface area contributed by atoms with E-state index in [9.17, 15) is 9.90 Å². The maximum Gasteiger partial charge on any atom is 0.254 e. The molecule has 0 unspecified atom stereocenters. The number of carbonyl (C=O) groups excluding carboxylic acids is 1. The molecule has 6 nitrogen and oxygen atoms in total. The second-order valence-corrected chi connectivity index (χ2v) is 9.56. The maximum atomic E-state index is 12.2. The van der Waals surface area contributed by atoms with Gasteiger partial charge in [0, 0.05) is 41.9 Å². The molecule has 154 valence electrons. The van der Waals surface area contributed by atoms with Crippen LogP contribution < -0.4 is 5.43 Å². The van der Waals surface area contributed by atoms with Crippen LogP contribution in [0.4, 0.5) is 0 Å². The largest absolute Gasteiger partial charge is 0.506 e. The van der Waals surface area contributed by atoms with Crippen LogP contribution in [-0.2, 0) is 11.3 Å². The number of hydrazone groups is 1. The van der Waals surface area contributed by atoms with E-state index in [1.165, 1.54) is 17.3 Å². The Balaban J connectivity index is 1.42. The summed E-state index contributed by atoms with van der Waals surface area (Å²) in [4.78, 5) is 16.7. The fourth-order valence-electron chi connectivity index (χ4n) is 3.15. The molecule has 0 atom stereocenters. The number of amides is 1. The molecule has 2 N–H and O–H groups in total. The van der Waals surface area contributed by atoms with E-state index in [-0.39, 0.29) is 11.7 Å². The molecule has 8 heteroatoms. The normalized spacial score (nSPS) is 15.7. The summed E-state index contributed by atoms with van der Waals surface area (Å²) in [5, 5.41) is 14.1. The van der Waals surface area contributed by atoms with Crippen LogP contribution in [0.15, 0.2) is 41.5 Å². The van der Waals surface area contributed by atoms with Crippen LogP contribution in [0.3, 0.4) is 0 Å². The van der Waals surface area contributed by atoms with E-state index in [4.69, 9.17) is 0 Å². The molecule has 2 aromatic rings. The van der Waals surface area contributed by atoms with Crippen LogP contribution in [0.25, 0.3) is 0 Å². The van der Waals surface area contributed by atoms with Gasteiger partial charge in [0.15, 0.2) is 0 Å². The number of benzene rings is 2. The molecule has 29 heavy (non-hydrogen) atoms. The number of phenols is 1. The molecule has 2 aromatic carbocycles. The lowest BCUT2D eigenvalue weighted by Gasteiger charge is -2.34. The van der Waals surface area contributed by atoms with E-state index in [0.29, 0.717) is 12.1 Å². The Morgan fingerprint density at radius 3 is 2.48 bits per heavy atom. The number of hydrogen-bond donors (Lipinski definition) is 2.